The Morgan fingerprint density at radius 3 is 2.52 bits per heavy atom. The van der Waals surface area contributed by atoms with Crippen molar-refractivity contribution in [3.8, 4) is 0 Å². The molecule has 1 aromatic heterocycles. The van der Waals surface area contributed by atoms with Crippen molar-refractivity contribution in [2.45, 2.75) is 38.0 Å². The normalized spacial score (nSPS) is 15.4. The van der Waals surface area contributed by atoms with Crippen LogP contribution in [0.5, 0.6) is 0 Å². The quantitative estimate of drug-likeness (QED) is 0.433. The first kappa shape index (κ1) is 17.2. The van der Waals surface area contributed by atoms with Crippen LogP contribution < -0.4 is 0 Å². The van der Waals surface area contributed by atoms with E-state index in [4.69, 9.17) is 9.15 Å². The van der Waals surface area contributed by atoms with Gasteiger partial charge >= 0.3 is 5.97 Å². The van der Waals surface area contributed by atoms with Crippen LogP contribution in [0.2, 0.25) is 0 Å². The Morgan fingerprint density at radius 2 is 1.84 bits per heavy atom. The monoisotopic (exact) mass is 338 g/mol. The Kier molecular flexibility index (Phi) is 5.83. The molecule has 1 saturated carbocycles. The first-order valence-electron chi connectivity index (χ1n) is 8.74. The van der Waals surface area contributed by atoms with E-state index >= 15 is 0 Å². The van der Waals surface area contributed by atoms with E-state index in [1.165, 1.54) is 56.1 Å². The molecule has 0 spiro atoms. The lowest BCUT2D eigenvalue weighted by Crippen LogP contribution is -2.13. The van der Waals surface area contributed by atoms with Crippen LogP contribution in [0.1, 0.15) is 59.7 Å². The smallest absolute Gasteiger partial charge is 0.331 e. The van der Waals surface area contributed by atoms with Crippen LogP contribution in [-0.2, 0) is 9.53 Å². The summed E-state index contributed by atoms with van der Waals surface area (Å²) >= 11 is 0. The molecule has 0 bridgehead atoms. The fraction of sp³-hybridized carbons (Fsp3) is 0.333. The lowest BCUT2D eigenvalue weighted by atomic mass is 9.84. The predicted molar refractivity (Wildman–Crippen MR) is 95.3 cm³/mol. The number of hydrogen-bond donors (Lipinski definition) is 0. The van der Waals surface area contributed by atoms with Crippen molar-refractivity contribution in [2.75, 3.05) is 6.61 Å². The molecule has 0 unspecified atom stereocenters. The van der Waals surface area contributed by atoms with E-state index in [1.54, 1.807) is 12.1 Å². The number of Topliss-reactive ketones (excluding diaryl/α,β-unsaturated/α-hetero) is 1. The molecule has 1 aliphatic rings. The van der Waals surface area contributed by atoms with Crippen LogP contribution in [-0.4, -0.2) is 18.4 Å². The largest absolute Gasteiger partial charge is 0.465 e. The molecule has 130 valence electrons. The van der Waals surface area contributed by atoms with Crippen molar-refractivity contribution in [3.63, 3.8) is 0 Å². The van der Waals surface area contributed by atoms with Gasteiger partial charge in [-0.3, -0.25) is 4.79 Å². The molecule has 1 aliphatic carbocycles. The third kappa shape index (κ3) is 4.92. The molecular formula is C21H22O4. The van der Waals surface area contributed by atoms with Crippen molar-refractivity contribution < 1.29 is 18.7 Å². The van der Waals surface area contributed by atoms with E-state index in [1.807, 2.05) is 24.3 Å². The molecule has 0 atom stereocenters. The maximum atomic E-state index is 12.1. The Bertz CT molecular complexity index is 720. The fourth-order valence-corrected chi connectivity index (χ4v) is 3.18. The van der Waals surface area contributed by atoms with Crippen LogP contribution in [0.3, 0.4) is 0 Å². The number of rotatable bonds is 6. The van der Waals surface area contributed by atoms with Crippen molar-refractivity contribution in [1.82, 2.24) is 0 Å². The summed E-state index contributed by atoms with van der Waals surface area (Å²) in [7, 11) is 0. The maximum absolute atomic E-state index is 12.1. The lowest BCUT2D eigenvalue weighted by Gasteiger charge is -2.22. The minimum absolute atomic E-state index is 0.199. The zero-order chi connectivity index (χ0) is 17.5. The van der Waals surface area contributed by atoms with Crippen molar-refractivity contribution in [3.05, 3.63) is 65.6 Å². The van der Waals surface area contributed by atoms with Gasteiger partial charge in [0.05, 0.1) is 6.26 Å². The molecule has 4 heteroatoms. The first-order chi connectivity index (χ1) is 12.2. The molecule has 25 heavy (non-hydrogen) atoms. The van der Waals surface area contributed by atoms with Gasteiger partial charge in [-0.1, -0.05) is 43.5 Å². The van der Waals surface area contributed by atoms with E-state index in [-0.39, 0.29) is 12.4 Å². The average molecular weight is 338 g/mol. The topological polar surface area (TPSA) is 56.5 Å². The van der Waals surface area contributed by atoms with Gasteiger partial charge in [-0.25, -0.2) is 4.79 Å². The van der Waals surface area contributed by atoms with Crippen molar-refractivity contribution >= 4 is 17.8 Å². The van der Waals surface area contributed by atoms with Gasteiger partial charge in [-0.2, -0.15) is 0 Å². The summed E-state index contributed by atoms with van der Waals surface area (Å²) in [6.45, 7) is -0.260. The van der Waals surface area contributed by atoms with Crippen LogP contribution in [0.15, 0.2) is 53.2 Å². The molecule has 2 aromatic rings. The average Bonchev–Trinajstić information content (AvgIpc) is 3.19. The molecule has 0 saturated heterocycles. The highest BCUT2D eigenvalue weighted by atomic mass is 16.5. The van der Waals surface area contributed by atoms with Gasteiger partial charge in [0.2, 0.25) is 0 Å². The minimum Gasteiger partial charge on any atom is -0.465 e. The molecule has 0 radical (unpaired) electrons. The summed E-state index contributed by atoms with van der Waals surface area (Å²) in [6, 6.07) is 11.2. The molecule has 4 nitrogen and oxygen atoms in total. The molecule has 3 rings (SSSR count). The predicted octanol–water partition coefficient (Wildman–Crippen LogP) is 4.77. The SMILES string of the molecule is O=C(/C=C/c1ccco1)OCC(=O)c1ccc(C2CCCCC2)cc1. The lowest BCUT2D eigenvalue weighted by molar-refractivity contribution is -0.136. The van der Waals surface area contributed by atoms with Crippen molar-refractivity contribution in [2.24, 2.45) is 0 Å². The zero-order valence-corrected chi connectivity index (χ0v) is 14.1. The van der Waals surface area contributed by atoms with Gasteiger partial charge in [0.25, 0.3) is 0 Å². The highest BCUT2D eigenvalue weighted by Gasteiger charge is 2.16. The number of esters is 1. The van der Waals surface area contributed by atoms with E-state index in [0.29, 0.717) is 17.2 Å². The van der Waals surface area contributed by atoms with Gasteiger partial charge in [0.1, 0.15) is 5.76 Å². The second-order valence-electron chi connectivity index (χ2n) is 6.34. The second kappa shape index (κ2) is 8.47. The third-order valence-corrected chi connectivity index (χ3v) is 4.58. The minimum atomic E-state index is -0.566. The van der Waals surface area contributed by atoms with Crippen LogP contribution in [0, 0.1) is 0 Å². The summed E-state index contributed by atoms with van der Waals surface area (Å²) in [5, 5.41) is 0. The molecule has 0 N–H and O–H groups in total. The maximum Gasteiger partial charge on any atom is 0.331 e. The number of ether oxygens (including phenoxy) is 1. The number of ketones is 1. The summed E-state index contributed by atoms with van der Waals surface area (Å²) < 4.78 is 10.1. The highest BCUT2D eigenvalue weighted by Crippen LogP contribution is 2.32. The third-order valence-electron chi connectivity index (χ3n) is 4.58. The fourth-order valence-electron chi connectivity index (χ4n) is 3.18. The van der Waals surface area contributed by atoms with Gasteiger partial charge in [-0.15, -0.1) is 0 Å². The summed E-state index contributed by atoms with van der Waals surface area (Å²) in [5.41, 5.74) is 1.87. The Morgan fingerprint density at radius 1 is 1.08 bits per heavy atom. The Labute approximate surface area is 147 Å². The molecule has 1 heterocycles. The number of furan rings is 1. The van der Waals surface area contributed by atoms with E-state index in [9.17, 15) is 9.59 Å². The van der Waals surface area contributed by atoms with Gasteiger partial charge in [0, 0.05) is 11.6 Å². The first-order valence-corrected chi connectivity index (χ1v) is 8.74. The Hall–Kier alpha value is -2.62. The number of carbonyl (C=O) groups excluding carboxylic acids is 2. The van der Waals surface area contributed by atoms with Crippen LogP contribution >= 0.6 is 0 Å². The molecular weight excluding hydrogens is 316 g/mol. The molecule has 1 fully saturated rings. The van der Waals surface area contributed by atoms with E-state index in [2.05, 4.69) is 0 Å². The van der Waals surface area contributed by atoms with Gasteiger partial charge in [0.15, 0.2) is 12.4 Å². The second-order valence-corrected chi connectivity index (χ2v) is 6.34. The number of carbonyl (C=O) groups is 2. The highest BCUT2D eigenvalue weighted by molar-refractivity contribution is 5.98. The summed E-state index contributed by atoms with van der Waals surface area (Å²) in [4.78, 5) is 23.8. The van der Waals surface area contributed by atoms with Crippen molar-refractivity contribution in [1.29, 1.82) is 0 Å². The molecule has 0 amide bonds. The molecule has 0 aliphatic heterocycles. The number of hydrogen-bond acceptors (Lipinski definition) is 4. The van der Waals surface area contributed by atoms with E-state index in [0.717, 1.165) is 0 Å². The van der Waals surface area contributed by atoms with Crippen LogP contribution in [0.25, 0.3) is 6.08 Å². The molecule has 1 aromatic carbocycles. The number of benzene rings is 1. The van der Waals surface area contributed by atoms with E-state index < -0.39 is 5.97 Å². The Balaban J connectivity index is 1.50. The van der Waals surface area contributed by atoms with Gasteiger partial charge < -0.3 is 9.15 Å². The van der Waals surface area contributed by atoms with Gasteiger partial charge in [-0.05, 0) is 42.5 Å². The summed E-state index contributed by atoms with van der Waals surface area (Å²) in [5.74, 6) is 0.405. The summed E-state index contributed by atoms with van der Waals surface area (Å²) in [6.07, 6.45) is 10.6. The standard InChI is InChI=1S/C21H22O4/c22-20(15-25-21(23)13-12-19-7-4-14-24-19)18-10-8-17(9-11-18)16-5-2-1-3-6-16/h4,7-14,16H,1-3,5-6,15H2/b13-12+. The zero-order valence-electron chi connectivity index (χ0n) is 14.1. The van der Waals surface area contributed by atoms with Crippen LogP contribution in [0.4, 0.5) is 0 Å².